The minimum absolute atomic E-state index is 0.0297. The molecule has 0 rings (SSSR count). The number of carbonyl (C=O) groups is 1. The summed E-state index contributed by atoms with van der Waals surface area (Å²) in [5.74, 6) is 0.254. The van der Waals surface area contributed by atoms with Crippen molar-refractivity contribution >= 4 is 17.5 Å². The van der Waals surface area contributed by atoms with Crippen molar-refractivity contribution in [2.24, 2.45) is 0 Å². The molecule has 0 aliphatic rings. The van der Waals surface area contributed by atoms with Gasteiger partial charge in [-0.1, -0.05) is 0 Å². The topological polar surface area (TPSA) is 29.5 Å². The van der Waals surface area contributed by atoms with Crippen LogP contribution in [0.3, 0.4) is 0 Å². The Morgan fingerprint density at radius 2 is 2.20 bits per heavy atom. The molecule has 0 spiro atoms. The molecule has 0 aromatic heterocycles. The molecule has 0 aliphatic carbocycles. The van der Waals surface area contributed by atoms with Crippen molar-refractivity contribution in [1.29, 1.82) is 0 Å². The lowest BCUT2D eigenvalue weighted by Gasteiger charge is -2.19. The van der Waals surface area contributed by atoms with Crippen LogP contribution in [0.4, 0.5) is 8.78 Å². The van der Waals surface area contributed by atoms with Crippen molar-refractivity contribution in [3.05, 3.63) is 0 Å². The van der Waals surface area contributed by atoms with Crippen LogP contribution in [0.1, 0.15) is 13.3 Å². The molecule has 0 atom stereocenters. The van der Waals surface area contributed by atoms with Crippen LogP contribution in [0.5, 0.6) is 0 Å². The van der Waals surface area contributed by atoms with E-state index in [-0.39, 0.29) is 18.9 Å². The van der Waals surface area contributed by atoms with Gasteiger partial charge in [0.2, 0.25) is 5.91 Å². The Morgan fingerprint density at radius 3 is 2.67 bits per heavy atom. The highest BCUT2D eigenvalue weighted by molar-refractivity contribution is 6.18. The van der Waals surface area contributed by atoms with Crippen LogP contribution in [0.2, 0.25) is 0 Å². The van der Waals surface area contributed by atoms with Crippen LogP contribution >= 0.6 is 11.6 Å². The minimum Gasteiger partial charge on any atom is -0.375 e. The molecule has 1 amide bonds. The average molecular weight is 244 g/mol. The quantitative estimate of drug-likeness (QED) is 0.480. The van der Waals surface area contributed by atoms with Gasteiger partial charge in [0.1, 0.15) is 6.61 Å². The maximum Gasteiger partial charge on any atom is 0.261 e. The fourth-order valence-corrected chi connectivity index (χ4v) is 1.26. The molecule has 0 heterocycles. The molecule has 0 fully saturated rings. The zero-order valence-electron chi connectivity index (χ0n) is 8.72. The van der Waals surface area contributed by atoms with Crippen molar-refractivity contribution in [3.8, 4) is 0 Å². The van der Waals surface area contributed by atoms with Crippen molar-refractivity contribution < 1.29 is 18.3 Å². The number of hydrogen-bond donors (Lipinski definition) is 0. The summed E-state index contributed by atoms with van der Waals surface area (Å²) in [5, 5.41) is 0. The molecule has 90 valence electrons. The summed E-state index contributed by atoms with van der Waals surface area (Å²) < 4.78 is 27.9. The van der Waals surface area contributed by atoms with E-state index in [0.717, 1.165) is 0 Å². The van der Waals surface area contributed by atoms with Gasteiger partial charge in [0, 0.05) is 19.0 Å². The lowest BCUT2D eigenvalue weighted by atomic mass is 10.3. The number of carbonyl (C=O) groups excluding carboxylic acids is 1. The van der Waals surface area contributed by atoms with Crippen molar-refractivity contribution in [3.63, 3.8) is 0 Å². The number of rotatable bonds is 8. The lowest BCUT2D eigenvalue weighted by Crippen LogP contribution is -2.33. The van der Waals surface area contributed by atoms with Gasteiger partial charge in [-0.15, -0.1) is 11.6 Å². The number of hydrogen-bond acceptors (Lipinski definition) is 2. The SMILES string of the molecule is CCN(CCCl)C(=O)CCOCC(F)F. The third-order valence-corrected chi connectivity index (χ3v) is 1.96. The summed E-state index contributed by atoms with van der Waals surface area (Å²) in [6.45, 7) is 2.30. The zero-order valence-corrected chi connectivity index (χ0v) is 9.47. The Morgan fingerprint density at radius 1 is 1.53 bits per heavy atom. The molecule has 0 radical (unpaired) electrons. The summed E-state index contributed by atoms with van der Waals surface area (Å²) in [5.41, 5.74) is 0. The first-order chi connectivity index (χ1) is 7.11. The molecular formula is C9H16ClF2NO2. The first-order valence-electron chi connectivity index (χ1n) is 4.81. The summed E-state index contributed by atoms with van der Waals surface area (Å²) >= 11 is 5.50. The Kier molecular flexibility index (Phi) is 8.61. The van der Waals surface area contributed by atoms with E-state index in [1.165, 1.54) is 0 Å². The van der Waals surface area contributed by atoms with E-state index < -0.39 is 13.0 Å². The van der Waals surface area contributed by atoms with Gasteiger partial charge < -0.3 is 9.64 Å². The number of amides is 1. The number of alkyl halides is 3. The van der Waals surface area contributed by atoms with Crippen molar-refractivity contribution in [1.82, 2.24) is 4.90 Å². The fraction of sp³-hybridized carbons (Fsp3) is 0.889. The lowest BCUT2D eigenvalue weighted by molar-refractivity contribution is -0.132. The van der Waals surface area contributed by atoms with Gasteiger partial charge >= 0.3 is 0 Å². The van der Waals surface area contributed by atoms with Gasteiger partial charge in [-0.05, 0) is 6.92 Å². The third-order valence-electron chi connectivity index (χ3n) is 1.79. The smallest absolute Gasteiger partial charge is 0.261 e. The highest BCUT2D eigenvalue weighted by Gasteiger charge is 2.10. The molecule has 6 heteroatoms. The maximum atomic E-state index is 11.7. The van der Waals surface area contributed by atoms with Crippen LogP contribution in [-0.2, 0) is 9.53 Å². The third kappa shape index (κ3) is 7.50. The van der Waals surface area contributed by atoms with Crippen LogP contribution in [0, 0.1) is 0 Å². The maximum absolute atomic E-state index is 11.7. The number of ether oxygens (including phenoxy) is 1. The van der Waals surface area contributed by atoms with Crippen LogP contribution in [-0.4, -0.2) is 49.4 Å². The minimum atomic E-state index is -2.48. The molecule has 0 saturated carbocycles. The standard InChI is InChI=1S/C9H16ClF2NO2/c1-2-13(5-4-10)9(14)3-6-15-7-8(11)12/h8H,2-7H2,1H3. The van der Waals surface area contributed by atoms with E-state index in [4.69, 9.17) is 11.6 Å². The molecule has 3 nitrogen and oxygen atoms in total. The summed E-state index contributed by atoms with van der Waals surface area (Å²) in [7, 11) is 0. The number of halogens is 3. The van der Waals surface area contributed by atoms with Crippen LogP contribution < -0.4 is 0 Å². The summed E-state index contributed by atoms with van der Waals surface area (Å²) in [4.78, 5) is 13.0. The second-order valence-electron chi connectivity index (χ2n) is 2.88. The van der Waals surface area contributed by atoms with Gasteiger partial charge in [-0.25, -0.2) is 8.78 Å². The monoisotopic (exact) mass is 243 g/mol. The van der Waals surface area contributed by atoms with Crippen LogP contribution in [0.15, 0.2) is 0 Å². The summed E-state index contributed by atoms with van der Waals surface area (Å²) in [6, 6.07) is 0. The molecule has 0 aromatic carbocycles. The molecule has 0 unspecified atom stereocenters. The highest BCUT2D eigenvalue weighted by Crippen LogP contribution is 1.98. The molecule has 0 aromatic rings. The predicted molar refractivity (Wildman–Crippen MR) is 54.4 cm³/mol. The Hall–Kier alpha value is -0.420. The number of nitrogens with zero attached hydrogens (tertiary/aromatic N) is 1. The molecule has 0 bridgehead atoms. The normalized spacial score (nSPS) is 10.7. The van der Waals surface area contributed by atoms with E-state index in [1.807, 2.05) is 6.92 Å². The highest BCUT2D eigenvalue weighted by atomic mass is 35.5. The Labute approximate surface area is 93.3 Å². The molecule has 0 N–H and O–H groups in total. The Balaban J connectivity index is 3.62. The van der Waals surface area contributed by atoms with Crippen LogP contribution in [0.25, 0.3) is 0 Å². The second kappa shape index (κ2) is 8.85. The van der Waals surface area contributed by atoms with Gasteiger partial charge in [0.15, 0.2) is 0 Å². The average Bonchev–Trinajstić information content (AvgIpc) is 2.20. The zero-order chi connectivity index (χ0) is 11.7. The van der Waals surface area contributed by atoms with Gasteiger partial charge in [-0.2, -0.15) is 0 Å². The van der Waals surface area contributed by atoms with E-state index in [2.05, 4.69) is 4.74 Å². The van der Waals surface area contributed by atoms with E-state index in [1.54, 1.807) is 4.90 Å². The first kappa shape index (κ1) is 14.6. The predicted octanol–water partition coefficient (Wildman–Crippen LogP) is 1.75. The summed E-state index contributed by atoms with van der Waals surface area (Å²) in [6.07, 6.45) is -2.36. The molecular weight excluding hydrogens is 228 g/mol. The fourth-order valence-electron chi connectivity index (χ4n) is 1.05. The van der Waals surface area contributed by atoms with E-state index in [9.17, 15) is 13.6 Å². The first-order valence-corrected chi connectivity index (χ1v) is 5.34. The second-order valence-corrected chi connectivity index (χ2v) is 3.26. The van der Waals surface area contributed by atoms with Crippen molar-refractivity contribution in [2.75, 3.05) is 32.2 Å². The molecule has 15 heavy (non-hydrogen) atoms. The van der Waals surface area contributed by atoms with E-state index >= 15 is 0 Å². The molecule has 0 aliphatic heterocycles. The van der Waals surface area contributed by atoms with Gasteiger partial charge in [-0.3, -0.25) is 4.79 Å². The van der Waals surface area contributed by atoms with Gasteiger partial charge in [0.25, 0.3) is 6.43 Å². The Bertz CT molecular complexity index is 181. The van der Waals surface area contributed by atoms with Gasteiger partial charge in [0.05, 0.1) is 13.0 Å². The largest absolute Gasteiger partial charge is 0.375 e. The molecule has 0 saturated heterocycles. The van der Waals surface area contributed by atoms with Crippen molar-refractivity contribution in [2.45, 2.75) is 19.8 Å². The van der Waals surface area contributed by atoms with E-state index in [0.29, 0.717) is 19.0 Å².